The summed E-state index contributed by atoms with van der Waals surface area (Å²) in [5, 5.41) is 22.1. The number of aliphatic hydroxyl groups is 1. The molecule has 0 bridgehead atoms. The molecule has 0 saturated carbocycles. The first kappa shape index (κ1) is 11.6. The van der Waals surface area contributed by atoms with Crippen LogP contribution in [0.4, 0.5) is 0 Å². The van der Waals surface area contributed by atoms with E-state index in [9.17, 15) is 5.11 Å². The summed E-state index contributed by atoms with van der Waals surface area (Å²) in [6.45, 7) is 1.68. The van der Waals surface area contributed by atoms with Gasteiger partial charge in [0.1, 0.15) is 5.75 Å². The van der Waals surface area contributed by atoms with Gasteiger partial charge in [-0.3, -0.25) is 0 Å². The number of phenolic OH excluding ortho intramolecular Hbond substituents is 1. The number of aromatic hydroxyl groups is 1. The highest BCUT2D eigenvalue weighted by atomic mass is 16.5. The predicted octanol–water partition coefficient (Wildman–Crippen LogP) is 1.29. The zero-order chi connectivity index (χ0) is 12.3. The summed E-state index contributed by atoms with van der Waals surface area (Å²) >= 11 is 0. The molecule has 1 unspecified atom stereocenters. The molecule has 17 heavy (non-hydrogen) atoms. The lowest BCUT2D eigenvalue weighted by atomic mass is 10.1. The first-order valence-corrected chi connectivity index (χ1v) is 5.41. The Balaban J connectivity index is 2.03. The normalized spacial score (nSPS) is 12.6. The van der Waals surface area contributed by atoms with Crippen LogP contribution in [-0.2, 0) is 12.8 Å². The minimum absolute atomic E-state index is 0.231. The number of aliphatic hydroxyl groups excluding tert-OH is 1. The molecule has 2 N–H and O–H groups in total. The maximum Gasteiger partial charge on any atom is 0.231 e. The fourth-order valence-electron chi connectivity index (χ4n) is 1.50. The Morgan fingerprint density at radius 3 is 2.65 bits per heavy atom. The molecule has 2 rings (SSSR count). The van der Waals surface area contributed by atoms with Gasteiger partial charge in [-0.15, -0.1) is 0 Å². The summed E-state index contributed by atoms with van der Waals surface area (Å²) in [5.41, 5.74) is 0.982. The number of benzene rings is 1. The maximum atomic E-state index is 9.19. The molecular formula is C12H14N2O3. The van der Waals surface area contributed by atoms with Crippen LogP contribution in [0.1, 0.15) is 24.2 Å². The van der Waals surface area contributed by atoms with Gasteiger partial charge in [-0.1, -0.05) is 17.3 Å². The molecule has 0 spiro atoms. The molecule has 0 fully saturated rings. The van der Waals surface area contributed by atoms with E-state index in [1.807, 2.05) is 0 Å². The Kier molecular flexibility index (Phi) is 3.39. The van der Waals surface area contributed by atoms with Gasteiger partial charge in [-0.2, -0.15) is 4.98 Å². The zero-order valence-electron chi connectivity index (χ0n) is 9.50. The van der Waals surface area contributed by atoms with Crippen molar-refractivity contribution >= 4 is 0 Å². The summed E-state index contributed by atoms with van der Waals surface area (Å²) in [5.74, 6) is 1.24. The van der Waals surface area contributed by atoms with Gasteiger partial charge in [-0.25, -0.2) is 0 Å². The highest BCUT2D eigenvalue weighted by molar-refractivity contribution is 5.27. The first-order chi connectivity index (χ1) is 8.13. The lowest BCUT2D eigenvalue weighted by Gasteiger charge is -1.97. The monoisotopic (exact) mass is 234 g/mol. The van der Waals surface area contributed by atoms with E-state index in [0.717, 1.165) is 5.56 Å². The second-order valence-electron chi connectivity index (χ2n) is 4.00. The summed E-state index contributed by atoms with van der Waals surface area (Å²) in [6, 6.07) is 6.83. The van der Waals surface area contributed by atoms with E-state index < -0.39 is 6.10 Å². The fraction of sp³-hybridized carbons (Fsp3) is 0.333. The van der Waals surface area contributed by atoms with Crippen molar-refractivity contribution in [1.29, 1.82) is 0 Å². The largest absolute Gasteiger partial charge is 0.508 e. The van der Waals surface area contributed by atoms with E-state index in [4.69, 9.17) is 9.63 Å². The smallest absolute Gasteiger partial charge is 0.231 e. The molecule has 5 heteroatoms. The highest BCUT2D eigenvalue weighted by Gasteiger charge is 2.09. The van der Waals surface area contributed by atoms with E-state index >= 15 is 0 Å². The Morgan fingerprint density at radius 2 is 2.00 bits per heavy atom. The summed E-state index contributed by atoms with van der Waals surface area (Å²) in [7, 11) is 0. The molecule has 0 radical (unpaired) electrons. The van der Waals surface area contributed by atoms with E-state index in [1.165, 1.54) is 0 Å². The minimum atomic E-state index is -0.478. The summed E-state index contributed by atoms with van der Waals surface area (Å²) < 4.78 is 5.06. The van der Waals surface area contributed by atoms with Crippen LogP contribution in [0.3, 0.4) is 0 Å². The van der Waals surface area contributed by atoms with Gasteiger partial charge in [-0.05, 0) is 24.6 Å². The van der Waals surface area contributed by atoms with E-state index in [-0.39, 0.29) is 5.75 Å². The topological polar surface area (TPSA) is 79.4 Å². The highest BCUT2D eigenvalue weighted by Crippen LogP contribution is 2.13. The molecule has 2 aromatic rings. The molecule has 0 amide bonds. The van der Waals surface area contributed by atoms with Gasteiger partial charge in [0.25, 0.3) is 0 Å². The number of hydrogen-bond acceptors (Lipinski definition) is 5. The Labute approximate surface area is 98.7 Å². The Bertz CT molecular complexity index is 477. The van der Waals surface area contributed by atoms with Gasteiger partial charge >= 0.3 is 0 Å². The molecular weight excluding hydrogens is 220 g/mol. The van der Waals surface area contributed by atoms with Crippen molar-refractivity contribution in [3.63, 3.8) is 0 Å². The third kappa shape index (κ3) is 3.29. The number of nitrogens with zero attached hydrogens (tertiary/aromatic N) is 2. The number of phenols is 1. The number of hydrogen-bond donors (Lipinski definition) is 2. The van der Waals surface area contributed by atoms with Crippen molar-refractivity contribution in [3.05, 3.63) is 41.5 Å². The molecule has 0 aliphatic carbocycles. The number of rotatable bonds is 4. The third-order valence-corrected chi connectivity index (χ3v) is 2.28. The molecule has 1 heterocycles. The van der Waals surface area contributed by atoms with Gasteiger partial charge in [0, 0.05) is 6.42 Å². The third-order valence-electron chi connectivity index (χ3n) is 2.28. The van der Waals surface area contributed by atoms with Crippen LogP contribution in [0.5, 0.6) is 5.75 Å². The molecule has 0 aliphatic heterocycles. The standard InChI is InChI=1S/C12H14N2O3/c1-8(15)6-11-13-12(17-14-11)7-9-2-4-10(16)5-3-9/h2-5,8,15-16H,6-7H2,1H3. The van der Waals surface area contributed by atoms with Crippen LogP contribution in [0.25, 0.3) is 0 Å². The fourth-order valence-corrected chi connectivity index (χ4v) is 1.50. The van der Waals surface area contributed by atoms with Gasteiger partial charge in [0.2, 0.25) is 5.89 Å². The van der Waals surface area contributed by atoms with Crippen LogP contribution in [0.2, 0.25) is 0 Å². The Morgan fingerprint density at radius 1 is 1.29 bits per heavy atom. The second kappa shape index (κ2) is 4.97. The molecule has 5 nitrogen and oxygen atoms in total. The first-order valence-electron chi connectivity index (χ1n) is 5.41. The molecule has 1 aromatic carbocycles. The lowest BCUT2D eigenvalue weighted by Crippen LogP contribution is -2.05. The van der Waals surface area contributed by atoms with Crippen molar-refractivity contribution in [1.82, 2.24) is 10.1 Å². The van der Waals surface area contributed by atoms with Crippen LogP contribution in [-0.4, -0.2) is 26.5 Å². The van der Waals surface area contributed by atoms with Crippen LogP contribution >= 0.6 is 0 Å². The molecule has 0 aliphatic rings. The number of aromatic nitrogens is 2. The van der Waals surface area contributed by atoms with E-state index in [1.54, 1.807) is 31.2 Å². The lowest BCUT2D eigenvalue weighted by molar-refractivity contribution is 0.191. The summed E-state index contributed by atoms with van der Waals surface area (Å²) in [6.07, 6.45) is 0.431. The van der Waals surface area contributed by atoms with Crippen LogP contribution in [0.15, 0.2) is 28.8 Å². The van der Waals surface area contributed by atoms with Crippen molar-refractivity contribution in [2.24, 2.45) is 0 Å². The van der Waals surface area contributed by atoms with E-state index in [0.29, 0.717) is 24.6 Å². The predicted molar refractivity (Wildman–Crippen MR) is 60.6 cm³/mol. The Hall–Kier alpha value is -1.88. The maximum absolute atomic E-state index is 9.19. The van der Waals surface area contributed by atoms with Gasteiger partial charge in [0.15, 0.2) is 5.82 Å². The van der Waals surface area contributed by atoms with Crippen molar-refractivity contribution in [2.75, 3.05) is 0 Å². The van der Waals surface area contributed by atoms with E-state index in [2.05, 4.69) is 10.1 Å². The average molecular weight is 234 g/mol. The van der Waals surface area contributed by atoms with Gasteiger partial charge < -0.3 is 14.7 Å². The van der Waals surface area contributed by atoms with Crippen molar-refractivity contribution < 1.29 is 14.7 Å². The minimum Gasteiger partial charge on any atom is -0.508 e. The van der Waals surface area contributed by atoms with Crippen molar-refractivity contribution in [3.8, 4) is 5.75 Å². The van der Waals surface area contributed by atoms with Crippen LogP contribution < -0.4 is 0 Å². The zero-order valence-corrected chi connectivity index (χ0v) is 9.50. The SMILES string of the molecule is CC(O)Cc1noc(Cc2ccc(O)cc2)n1. The second-order valence-corrected chi connectivity index (χ2v) is 4.00. The van der Waals surface area contributed by atoms with Crippen molar-refractivity contribution in [2.45, 2.75) is 25.9 Å². The molecule has 90 valence electrons. The molecule has 0 saturated heterocycles. The quantitative estimate of drug-likeness (QED) is 0.833. The average Bonchev–Trinajstić information content (AvgIpc) is 2.68. The van der Waals surface area contributed by atoms with Crippen LogP contribution in [0, 0.1) is 0 Å². The molecule has 1 atom stereocenters. The summed E-state index contributed by atoms with van der Waals surface area (Å²) in [4.78, 5) is 4.17. The van der Waals surface area contributed by atoms with Gasteiger partial charge in [0.05, 0.1) is 12.5 Å². The molecule has 1 aromatic heterocycles.